The minimum atomic E-state index is -5.44. The van der Waals surface area contributed by atoms with Crippen LogP contribution in [0.3, 0.4) is 0 Å². The summed E-state index contributed by atoms with van der Waals surface area (Å²) >= 11 is 1.82. The highest BCUT2D eigenvalue weighted by atomic mass is 32.2. The van der Waals surface area contributed by atoms with Crippen LogP contribution in [0, 0.1) is 0 Å². The molecule has 0 N–H and O–H groups in total. The van der Waals surface area contributed by atoms with E-state index >= 15 is 0 Å². The standard InChI is InChI=1S/C9H10F6S2/c1-3-16-7(17-4-2)5-6(8(10,11)12)9(13,14)15/h3-4H2,1-2H3. The van der Waals surface area contributed by atoms with Crippen LogP contribution in [0.1, 0.15) is 13.8 Å². The zero-order chi connectivity index (χ0) is 13.7. The van der Waals surface area contributed by atoms with Gasteiger partial charge in [0.2, 0.25) is 0 Å². The number of halogens is 6. The molecule has 17 heavy (non-hydrogen) atoms. The van der Waals surface area contributed by atoms with Crippen molar-refractivity contribution in [2.24, 2.45) is 0 Å². The molecule has 0 atom stereocenters. The van der Waals surface area contributed by atoms with Gasteiger partial charge in [0, 0.05) is 0 Å². The van der Waals surface area contributed by atoms with E-state index in [1.165, 1.54) is 5.73 Å². The predicted octanol–water partition coefficient (Wildman–Crippen LogP) is 4.98. The van der Waals surface area contributed by atoms with Crippen LogP contribution in [0.4, 0.5) is 26.3 Å². The molecule has 0 fully saturated rings. The van der Waals surface area contributed by atoms with Crippen molar-refractivity contribution in [3.05, 3.63) is 15.5 Å². The molecule has 0 bridgehead atoms. The number of rotatable bonds is 4. The van der Waals surface area contributed by atoms with Crippen LogP contribution in [-0.4, -0.2) is 23.9 Å². The van der Waals surface area contributed by atoms with Crippen LogP contribution in [0.15, 0.2) is 15.5 Å². The lowest BCUT2D eigenvalue weighted by Crippen LogP contribution is -2.25. The van der Waals surface area contributed by atoms with E-state index in [1.807, 2.05) is 0 Å². The number of hydrogen-bond donors (Lipinski definition) is 0. The average molecular weight is 296 g/mol. The van der Waals surface area contributed by atoms with Crippen LogP contribution in [-0.2, 0) is 0 Å². The highest BCUT2D eigenvalue weighted by Gasteiger charge is 2.51. The third kappa shape index (κ3) is 6.33. The van der Waals surface area contributed by atoms with Gasteiger partial charge in [0.05, 0.1) is 4.24 Å². The highest BCUT2D eigenvalue weighted by Crippen LogP contribution is 2.39. The molecule has 0 aromatic heterocycles. The van der Waals surface area contributed by atoms with Crippen molar-refractivity contribution in [3.63, 3.8) is 0 Å². The number of alkyl halides is 6. The third-order valence-electron chi connectivity index (χ3n) is 1.34. The first-order chi connectivity index (χ1) is 7.62. The van der Waals surface area contributed by atoms with Crippen LogP contribution in [0.5, 0.6) is 0 Å². The van der Waals surface area contributed by atoms with Gasteiger partial charge in [-0.2, -0.15) is 26.3 Å². The van der Waals surface area contributed by atoms with Crippen LogP contribution < -0.4 is 0 Å². The second-order valence-electron chi connectivity index (χ2n) is 2.65. The molecule has 0 unspecified atom stereocenters. The van der Waals surface area contributed by atoms with Crippen molar-refractivity contribution in [1.29, 1.82) is 0 Å². The van der Waals surface area contributed by atoms with E-state index in [2.05, 4.69) is 0 Å². The summed E-state index contributed by atoms with van der Waals surface area (Å²) in [6.45, 7) is 3.28. The second kappa shape index (κ2) is 6.66. The SMILES string of the molecule is CCSC(=C=C(C(F)(F)F)C(F)(F)F)SCC. The molecule has 0 radical (unpaired) electrons. The van der Waals surface area contributed by atoms with Crippen molar-refractivity contribution in [2.75, 3.05) is 11.5 Å². The van der Waals surface area contributed by atoms with Crippen molar-refractivity contribution in [3.8, 4) is 0 Å². The number of hydrogen-bond acceptors (Lipinski definition) is 2. The third-order valence-corrected chi connectivity index (χ3v) is 3.36. The summed E-state index contributed by atoms with van der Waals surface area (Å²) < 4.78 is 73.1. The highest BCUT2D eigenvalue weighted by molar-refractivity contribution is 8.22. The summed E-state index contributed by atoms with van der Waals surface area (Å²) in [5.74, 6) is 0.774. The Hall–Kier alpha value is -0.200. The molecule has 0 spiro atoms. The largest absolute Gasteiger partial charge is 0.428 e. The smallest absolute Gasteiger partial charge is 0.165 e. The molecule has 0 saturated heterocycles. The quantitative estimate of drug-likeness (QED) is 0.530. The van der Waals surface area contributed by atoms with E-state index < -0.39 is 17.9 Å². The van der Waals surface area contributed by atoms with Gasteiger partial charge >= 0.3 is 12.4 Å². The van der Waals surface area contributed by atoms with Gasteiger partial charge in [-0.1, -0.05) is 19.6 Å². The van der Waals surface area contributed by atoms with Crippen molar-refractivity contribution in [2.45, 2.75) is 26.2 Å². The van der Waals surface area contributed by atoms with Crippen molar-refractivity contribution >= 4 is 23.5 Å². The fraction of sp³-hybridized carbons (Fsp3) is 0.667. The lowest BCUT2D eigenvalue weighted by Gasteiger charge is -2.12. The van der Waals surface area contributed by atoms with E-state index in [4.69, 9.17) is 0 Å². The lowest BCUT2D eigenvalue weighted by molar-refractivity contribution is -0.171. The molecule has 0 aliphatic rings. The van der Waals surface area contributed by atoms with Gasteiger partial charge in [-0.15, -0.1) is 23.5 Å². The fourth-order valence-corrected chi connectivity index (χ4v) is 2.69. The maximum atomic E-state index is 12.2. The van der Waals surface area contributed by atoms with Gasteiger partial charge in [0.15, 0.2) is 5.57 Å². The van der Waals surface area contributed by atoms with E-state index in [0.717, 1.165) is 23.5 Å². The maximum absolute atomic E-state index is 12.2. The van der Waals surface area contributed by atoms with Crippen LogP contribution in [0.25, 0.3) is 0 Å². The van der Waals surface area contributed by atoms with Gasteiger partial charge in [0.25, 0.3) is 0 Å². The number of thioether (sulfide) groups is 2. The zero-order valence-electron chi connectivity index (χ0n) is 9.00. The maximum Gasteiger partial charge on any atom is 0.428 e. The van der Waals surface area contributed by atoms with E-state index in [9.17, 15) is 26.3 Å². The molecule has 100 valence electrons. The second-order valence-corrected chi connectivity index (χ2v) is 5.46. The molecule has 0 nitrogen and oxygen atoms in total. The average Bonchev–Trinajstić information content (AvgIpc) is 2.10. The fourth-order valence-electron chi connectivity index (χ4n) is 0.781. The molecule has 0 aliphatic carbocycles. The minimum Gasteiger partial charge on any atom is -0.165 e. The van der Waals surface area contributed by atoms with Gasteiger partial charge in [0.1, 0.15) is 0 Å². The molecule has 0 heterocycles. The Morgan fingerprint density at radius 3 is 1.47 bits per heavy atom. The monoisotopic (exact) mass is 296 g/mol. The van der Waals surface area contributed by atoms with Crippen molar-refractivity contribution < 1.29 is 26.3 Å². The Balaban J connectivity index is 5.60. The van der Waals surface area contributed by atoms with E-state index in [0.29, 0.717) is 11.5 Å². The van der Waals surface area contributed by atoms with E-state index in [1.54, 1.807) is 13.8 Å². The minimum absolute atomic E-state index is 0.0975. The number of allylic oxidation sites excluding steroid dienone is 1. The van der Waals surface area contributed by atoms with Crippen molar-refractivity contribution in [1.82, 2.24) is 0 Å². The summed E-state index contributed by atoms with van der Waals surface area (Å²) in [5, 5.41) is 0. The zero-order valence-corrected chi connectivity index (χ0v) is 10.6. The Bertz CT molecular complexity index is 284. The summed E-state index contributed by atoms with van der Waals surface area (Å²) in [6, 6.07) is 0. The molecule has 0 aromatic rings. The Morgan fingerprint density at radius 1 is 0.882 bits per heavy atom. The lowest BCUT2D eigenvalue weighted by atomic mass is 10.3. The predicted molar refractivity (Wildman–Crippen MR) is 58.9 cm³/mol. The van der Waals surface area contributed by atoms with Gasteiger partial charge < -0.3 is 0 Å². The van der Waals surface area contributed by atoms with Gasteiger partial charge in [-0.05, 0) is 11.5 Å². The van der Waals surface area contributed by atoms with Gasteiger partial charge in [-0.25, -0.2) is 0 Å². The van der Waals surface area contributed by atoms with Crippen LogP contribution >= 0.6 is 23.5 Å². The normalized spacial score (nSPS) is 12.2. The molecule has 0 saturated carbocycles. The van der Waals surface area contributed by atoms with Crippen LogP contribution in [0.2, 0.25) is 0 Å². The Labute approximate surface area is 104 Å². The summed E-state index contributed by atoms with van der Waals surface area (Å²) in [7, 11) is 0. The van der Waals surface area contributed by atoms with E-state index in [-0.39, 0.29) is 4.24 Å². The Morgan fingerprint density at radius 2 is 1.24 bits per heavy atom. The molecular weight excluding hydrogens is 286 g/mol. The summed E-state index contributed by atoms with van der Waals surface area (Å²) in [5.41, 5.74) is -1.14. The first-order valence-corrected chi connectivity index (χ1v) is 6.50. The molecular formula is C9H10F6S2. The summed E-state index contributed by atoms with van der Waals surface area (Å²) in [4.78, 5) is 0. The molecule has 0 rings (SSSR count). The first-order valence-electron chi connectivity index (χ1n) is 4.53. The van der Waals surface area contributed by atoms with Gasteiger partial charge in [-0.3, -0.25) is 0 Å². The molecule has 8 heteroatoms. The first kappa shape index (κ1) is 16.8. The molecule has 0 aliphatic heterocycles. The topological polar surface area (TPSA) is 0 Å². The molecule has 0 amide bonds. The summed E-state index contributed by atoms with van der Waals surface area (Å²) in [6.07, 6.45) is -10.9. The Kier molecular flexibility index (Phi) is 6.58. The molecule has 0 aromatic carbocycles.